The summed E-state index contributed by atoms with van der Waals surface area (Å²) >= 11 is 0. The van der Waals surface area contributed by atoms with E-state index in [1.807, 2.05) is 12.1 Å². The van der Waals surface area contributed by atoms with Crippen LogP contribution in [-0.4, -0.2) is 33.6 Å². The van der Waals surface area contributed by atoms with Gasteiger partial charge in [-0.25, -0.2) is 0 Å². The van der Waals surface area contributed by atoms with Gasteiger partial charge >= 0.3 is 0 Å². The molecule has 0 N–H and O–H groups in total. The Morgan fingerprint density at radius 3 is 2.89 bits per heavy atom. The summed E-state index contributed by atoms with van der Waals surface area (Å²) in [6.07, 6.45) is 4.63. The maximum absolute atomic E-state index is 5.27. The third-order valence-electron chi connectivity index (χ3n) is 2.88. The highest BCUT2D eigenvalue weighted by molar-refractivity contribution is 5.51. The topological polar surface area (TPSA) is 55.1 Å². The Labute approximate surface area is 113 Å². The van der Waals surface area contributed by atoms with Crippen LogP contribution < -0.4 is 0 Å². The molecule has 0 amide bonds. The number of hydrogen-bond donors (Lipinski definition) is 0. The van der Waals surface area contributed by atoms with Crippen LogP contribution in [0.1, 0.15) is 26.2 Å². The van der Waals surface area contributed by atoms with Crippen molar-refractivity contribution in [1.29, 1.82) is 0 Å². The highest BCUT2D eigenvalue weighted by atomic mass is 16.5. The Kier molecular flexibility index (Phi) is 4.63. The fourth-order valence-corrected chi connectivity index (χ4v) is 1.72. The molecule has 5 heteroatoms. The van der Waals surface area contributed by atoms with Crippen LogP contribution in [0.3, 0.4) is 0 Å². The maximum atomic E-state index is 5.27. The molecule has 102 valence electrons. The third kappa shape index (κ3) is 4.13. The van der Waals surface area contributed by atoms with E-state index < -0.39 is 0 Å². The maximum Gasteiger partial charge on any atom is 0.241 e. The zero-order chi connectivity index (χ0) is 13.7. The predicted octanol–water partition coefficient (Wildman–Crippen LogP) is 2.61. The summed E-state index contributed by atoms with van der Waals surface area (Å²) in [4.78, 5) is 10.6. The monoisotopic (exact) mass is 260 g/mol. The van der Waals surface area contributed by atoms with Crippen molar-refractivity contribution in [3.63, 3.8) is 0 Å². The highest BCUT2D eigenvalue weighted by Crippen LogP contribution is 2.14. The van der Waals surface area contributed by atoms with Gasteiger partial charge in [-0.05, 0) is 38.1 Å². The average Bonchev–Trinajstić information content (AvgIpc) is 2.86. The van der Waals surface area contributed by atoms with Gasteiger partial charge in [-0.15, -0.1) is 0 Å². The molecule has 0 radical (unpaired) electrons. The Bertz CT molecular complexity index is 495. The van der Waals surface area contributed by atoms with Crippen LogP contribution in [0.25, 0.3) is 11.4 Å². The van der Waals surface area contributed by atoms with Crippen LogP contribution in [0.15, 0.2) is 29.0 Å². The first-order chi connectivity index (χ1) is 9.15. The first-order valence-electron chi connectivity index (χ1n) is 6.56. The van der Waals surface area contributed by atoms with Crippen LogP contribution >= 0.6 is 0 Å². The van der Waals surface area contributed by atoms with Crippen molar-refractivity contribution < 1.29 is 4.52 Å². The first-order valence-corrected chi connectivity index (χ1v) is 6.56. The van der Waals surface area contributed by atoms with E-state index in [2.05, 4.69) is 40.9 Å². The van der Waals surface area contributed by atoms with Crippen molar-refractivity contribution in [3.8, 4) is 11.4 Å². The van der Waals surface area contributed by atoms with Gasteiger partial charge in [0.2, 0.25) is 11.7 Å². The van der Waals surface area contributed by atoms with Gasteiger partial charge in [0.1, 0.15) is 0 Å². The molecule has 0 unspecified atom stereocenters. The summed E-state index contributed by atoms with van der Waals surface area (Å²) in [5, 5.41) is 3.98. The van der Waals surface area contributed by atoms with Gasteiger partial charge in [-0.2, -0.15) is 4.98 Å². The molecule has 2 aromatic rings. The largest absolute Gasteiger partial charge is 0.338 e. The summed E-state index contributed by atoms with van der Waals surface area (Å²) in [5.74, 6) is 1.95. The molecule has 0 saturated heterocycles. The minimum Gasteiger partial charge on any atom is -0.338 e. The SMILES string of the molecule is CC(C)CCN(C)Cc1nc(-c2cccnc2)no1. The molecule has 0 aliphatic heterocycles. The normalized spacial score (nSPS) is 11.4. The fraction of sp³-hybridized carbons (Fsp3) is 0.500. The van der Waals surface area contributed by atoms with Crippen molar-refractivity contribution in [1.82, 2.24) is 20.0 Å². The Morgan fingerprint density at radius 2 is 2.21 bits per heavy atom. The highest BCUT2D eigenvalue weighted by Gasteiger charge is 2.10. The van der Waals surface area contributed by atoms with Crippen LogP contribution in [-0.2, 0) is 6.54 Å². The van der Waals surface area contributed by atoms with E-state index in [0.29, 0.717) is 24.2 Å². The molecule has 2 rings (SSSR count). The molecule has 2 heterocycles. The lowest BCUT2D eigenvalue weighted by Gasteiger charge is -2.15. The molecule has 0 aromatic carbocycles. The molecular weight excluding hydrogens is 240 g/mol. The number of nitrogens with zero attached hydrogens (tertiary/aromatic N) is 4. The molecule has 0 spiro atoms. The van der Waals surface area contributed by atoms with Crippen LogP contribution in [0.4, 0.5) is 0 Å². The first kappa shape index (κ1) is 13.7. The summed E-state index contributed by atoms with van der Waals surface area (Å²) in [6, 6.07) is 3.78. The van der Waals surface area contributed by atoms with Gasteiger partial charge in [-0.1, -0.05) is 19.0 Å². The van der Waals surface area contributed by atoms with E-state index in [1.165, 1.54) is 6.42 Å². The lowest BCUT2D eigenvalue weighted by Crippen LogP contribution is -2.20. The smallest absolute Gasteiger partial charge is 0.241 e. The van der Waals surface area contributed by atoms with Gasteiger partial charge in [0.05, 0.1) is 6.54 Å². The van der Waals surface area contributed by atoms with E-state index in [0.717, 1.165) is 12.1 Å². The van der Waals surface area contributed by atoms with E-state index in [9.17, 15) is 0 Å². The molecule has 0 fully saturated rings. The molecule has 5 nitrogen and oxygen atoms in total. The van der Waals surface area contributed by atoms with Crippen molar-refractivity contribution in [3.05, 3.63) is 30.4 Å². The summed E-state index contributed by atoms with van der Waals surface area (Å²) in [7, 11) is 2.07. The molecular formula is C14H20N4O. The van der Waals surface area contributed by atoms with Gasteiger partial charge in [0, 0.05) is 18.0 Å². The Hall–Kier alpha value is -1.75. The standard InChI is InChI=1S/C14H20N4O/c1-11(2)6-8-18(3)10-13-16-14(17-19-13)12-5-4-7-15-9-12/h4-5,7,9,11H,6,8,10H2,1-3H3. The van der Waals surface area contributed by atoms with Crippen molar-refractivity contribution in [2.45, 2.75) is 26.8 Å². The van der Waals surface area contributed by atoms with Crippen LogP contribution in [0.5, 0.6) is 0 Å². The van der Waals surface area contributed by atoms with Crippen molar-refractivity contribution in [2.24, 2.45) is 5.92 Å². The lowest BCUT2D eigenvalue weighted by atomic mass is 10.1. The molecule has 0 bridgehead atoms. The van der Waals surface area contributed by atoms with E-state index in [-0.39, 0.29) is 0 Å². The quantitative estimate of drug-likeness (QED) is 0.799. The molecule has 0 aliphatic carbocycles. The van der Waals surface area contributed by atoms with Crippen LogP contribution in [0, 0.1) is 5.92 Å². The number of pyridine rings is 1. The second-order valence-electron chi connectivity index (χ2n) is 5.17. The predicted molar refractivity (Wildman–Crippen MR) is 73.3 cm³/mol. The Morgan fingerprint density at radius 1 is 1.37 bits per heavy atom. The van der Waals surface area contributed by atoms with Gasteiger partial charge in [0.15, 0.2) is 0 Å². The second kappa shape index (κ2) is 6.43. The number of aromatic nitrogens is 3. The number of hydrogen-bond acceptors (Lipinski definition) is 5. The van der Waals surface area contributed by atoms with Gasteiger partial charge in [-0.3, -0.25) is 9.88 Å². The molecule has 19 heavy (non-hydrogen) atoms. The van der Waals surface area contributed by atoms with Crippen LogP contribution in [0.2, 0.25) is 0 Å². The molecule has 0 saturated carbocycles. The summed E-state index contributed by atoms with van der Waals surface area (Å²) in [5.41, 5.74) is 0.877. The minimum atomic E-state index is 0.598. The average molecular weight is 260 g/mol. The summed E-state index contributed by atoms with van der Waals surface area (Å²) < 4.78 is 5.27. The lowest BCUT2D eigenvalue weighted by molar-refractivity contribution is 0.255. The molecule has 0 aliphatic rings. The van der Waals surface area contributed by atoms with Crippen molar-refractivity contribution in [2.75, 3.05) is 13.6 Å². The van der Waals surface area contributed by atoms with Gasteiger partial charge in [0.25, 0.3) is 0 Å². The van der Waals surface area contributed by atoms with E-state index >= 15 is 0 Å². The molecule has 0 atom stereocenters. The van der Waals surface area contributed by atoms with E-state index in [1.54, 1.807) is 12.4 Å². The second-order valence-corrected chi connectivity index (χ2v) is 5.17. The van der Waals surface area contributed by atoms with E-state index in [4.69, 9.17) is 4.52 Å². The van der Waals surface area contributed by atoms with Gasteiger partial charge < -0.3 is 4.52 Å². The third-order valence-corrected chi connectivity index (χ3v) is 2.88. The fourth-order valence-electron chi connectivity index (χ4n) is 1.72. The zero-order valence-corrected chi connectivity index (χ0v) is 11.7. The zero-order valence-electron chi connectivity index (χ0n) is 11.7. The minimum absolute atomic E-state index is 0.598. The van der Waals surface area contributed by atoms with Crippen molar-refractivity contribution >= 4 is 0 Å². The summed E-state index contributed by atoms with van der Waals surface area (Å²) in [6.45, 7) is 6.16. The molecule has 2 aromatic heterocycles. The number of rotatable bonds is 6. The Balaban J connectivity index is 1.94.